The van der Waals surface area contributed by atoms with Gasteiger partial charge in [0.05, 0.1) is 0 Å². The maximum atomic E-state index is 12.3. The molecule has 1 aliphatic heterocycles. The minimum absolute atomic E-state index is 0.209. The van der Waals surface area contributed by atoms with Crippen LogP contribution in [0.5, 0.6) is 0 Å². The predicted molar refractivity (Wildman–Crippen MR) is 92.5 cm³/mol. The molecule has 2 rings (SSSR count). The van der Waals surface area contributed by atoms with Crippen LogP contribution in [0.4, 0.5) is 0 Å². The minimum Gasteiger partial charge on any atom is -0.364 e. The van der Waals surface area contributed by atoms with Gasteiger partial charge in [0, 0.05) is 36.9 Å². The molecule has 1 saturated heterocycles. The number of aromatic nitrogens is 2. The molecule has 0 aromatic carbocycles. The second-order valence-corrected chi connectivity index (χ2v) is 7.19. The summed E-state index contributed by atoms with van der Waals surface area (Å²) >= 11 is 1.86. The van der Waals surface area contributed by atoms with Crippen LogP contribution in [-0.4, -0.2) is 51.5 Å². The number of unbranched alkanes of at least 4 members (excludes halogenated alkanes) is 1. The number of likely N-dealkylation sites (tertiary alicyclic amines) is 1. The van der Waals surface area contributed by atoms with Gasteiger partial charge in [-0.15, -0.1) is 0 Å². The summed E-state index contributed by atoms with van der Waals surface area (Å²) in [5.41, 5.74) is 6.39. The third-order valence-corrected chi connectivity index (χ3v) is 5.24. The number of nitrogens with zero attached hydrogens (tertiary/aromatic N) is 2. The van der Waals surface area contributed by atoms with Crippen LogP contribution in [0.1, 0.15) is 61.1 Å². The number of hydrogen-bond donors (Lipinski definition) is 2. The standard InChI is InChI=1S/C16H26N4O2S/c1-2-3-8-23-9-6-15(21)20-7-4-5-12(11-20)13-10-14(16(17)22)19-18-13/h10,12H,2-9,11H2,1H3,(H2,17,22)(H,18,19)/t12-/m1/s1. The lowest BCUT2D eigenvalue weighted by atomic mass is 9.94. The van der Waals surface area contributed by atoms with Crippen LogP contribution in [0.3, 0.4) is 0 Å². The Morgan fingerprint density at radius 2 is 2.30 bits per heavy atom. The fourth-order valence-electron chi connectivity index (χ4n) is 2.80. The van der Waals surface area contributed by atoms with Gasteiger partial charge in [-0.1, -0.05) is 13.3 Å². The molecular formula is C16H26N4O2S. The van der Waals surface area contributed by atoms with Crippen molar-refractivity contribution in [2.24, 2.45) is 5.73 Å². The van der Waals surface area contributed by atoms with Crippen molar-refractivity contribution in [1.82, 2.24) is 15.1 Å². The van der Waals surface area contributed by atoms with Gasteiger partial charge in [0.25, 0.3) is 5.91 Å². The van der Waals surface area contributed by atoms with E-state index in [0.29, 0.717) is 13.0 Å². The van der Waals surface area contributed by atoms with Crippen LogP contribution >= 0.6 is 11.8 Å². The van der Waals surface area contributed by atoms with Gasteiger partial charge < -0.3 is 10.6 Å². The summed E-state index contributed by atoms with van der Waals surface area (Å²) in [5, 5.41) is 6.82. The van der Waals surface area contributed by atoms with Crippen molar-refractivity contribution >= 4 is 23.6 Å². The Balaban J connectivity index is 1.82. The molecule has 1 atom stereocenters. The molecule has 2 heterocycles. The van der Waals surface area contributed by atoms with Crippen LogP contribution in [-0.2, 0) is 4.79 Å². The number of piperidine rings is 1. The summed E-state index contributed by atoms with van der Waals surface area (Å²) in [6.07, 6.45) is 5.00. The molecule has 23 heavy (non-hydrogen) atoms. The van der Waals surface area contributed by atoms with Gasteiger partial charge in [-0.05, 0) is 31.1 Å². The number of aromatic amines is 1. The van der Waals surface area contributed by atoms with Crippen molar-refractivity contribution < 1.29 is 9.59 Å². The summed E-state index contributed by atoms with van der Waals surface area (Å²) in [6, 6.07) is 1.71. The Morgan fingerprint density at radius 1 is 1.48 bits per heavy atom. The maximum Gasteiger partial charge on any atom is 0.269 e. The van der Waals surface area contributed by atoms with Crippen molar-refractivity contribution in [3.8, 4) is 0 Å². The summed E-state index contributed by atoms with van der Waals surface area (Å²) in [6.45, 7) is 3.70. The van der Waals surface area contributed by atoms with Gasteiger partial charge in [0.1, 0.15) is 5.69 Å². The van der Waals surface area contributed by atoms with Gasteiger partial charge in [-0.3, -0.25) is 14.7 Å². The highest BCUT2D eigenvalue weighted by Gasteiger charge is 2.26. The lowest BCUT2D eigenvalue weighted by molar-refractivity contribution is -0.131. The number of rotatable bonds is 8. The highest BCUT2D eigenvalue weighted by molar-refractivity contribution is 7.99. The Kier molecular flexibility index (Phi) is 6.95. The highest BCUT2D eigenvalue weighted by Crippen LogP contribution is 2.26. The second-order valence-electron chi connectivity index (χ2n) is 5.97. The first-order valence-corrected chi connectivity index (χ1v) is 9.48. The van der Waals surface area contributed by atoms with Crippen molar-refractivity contribution in [3.05, 3.63) is 17.5 Å². The van der Waals surface area contributed by atoms with Crippen molar-refractivity contribution in [1.29, 1.82) is 0 Å². The van der Waals surface area contributed by atoms with E-state index in [0.717, 1.165) is 36.6 Å². The molecule has 0 radical (unpaired) electrons. The number of thioether (sulfide) groups is 1. The van der Waals surface area contributed by atoms with Crippen LogP contribution in [0.25, 0.3) is 0 Å². The molecule has 6 nitrogen and oxygen atoms in total. The van der Waals surface area contributed by atoms with Gasteiger partial charge in [-0.2, -0.15) is 16.9 Å². The van der Waals surface area contributed by atoms with Gasteiger partial charge in [0.15, 0.2) is 0 Å². The van der Waals surface area contributed by atoms with E-state index in [1.54, 1.807) is 6.07 Å². The molecule has 1 aromatic rings. The fraction of sp³-hybridized carbons (Fsp3) is 0.688. The molecular weight excluding hydrogens is 312 g/mol. The smallest absolute Gasteiger partial charge is 0.269 e. The van der Waals surface area contributed by atoms with Crippen LogP contribution < -0.4 is 5.73 Å². The Labute approximate surface area is 141 Å². The quantitative estimate of drug-likeness (QED) is 0.710. The number of amides is 2. The third-order valence-electron chi connectivity index (χ3n) is 4.17. The van der Waals surface area contributed by atoms with Crippen molar-refractivity contribution in [2.75, 3.05) is 24.6 Å². The maximum absolute atomic E-state index is 12.3. The lowest BCUT2D eigenvalue weighted by Gasteiger charge is -2.32. The van der Waals surface area contributed by atoms with E-state index in [-0.39, 0.29) is 17.5 Å². The molecule has 128 valence electrons. The predicted octanol–water partition coefficient (Wildman–Crippen LogP) is 2.14. The average Bonchev–Trinajstić information content (AvgIpc) is 3.05. The zero-order valence-electron chi connectivity index (χ0n) is 13.7. The Morgan fingerprint density at radius 3 is 3.00 bits per heavy atom. The molecule has 2 amide bonds. The third kappa shape index (κ3) is 5.27. The van der Waals surface area contributed by atoms with Gasteiger partial charge >= 0.3 is 0 Å². The first-order chi connectivity index (χ1) is 11.1. The van der Waals surface area contributed by atoms with E-state index < -0.39 is 5.91 Å². The average molecular weight is 338 g/mol. The van der Waals surface area contributed by atoms with Crippen LogP contribution in [0.15, 0.2) is 6.07 Å². The van der Waals surface area contributed by atoms with Crippen LogP contribution in [0, 0.1) is 0 Å². The van der Waals surface area contributed by atoms with E-state index in [1.807, 2.05) is 16.7 Å². The number of nitrogens with two attached hydrogens (primary N) is 1. The molecule has 7 heteroatoms. The molecule has 1 fully saturated rings. The summed E-state index contributed by atoms with van der Waals surface area (Å²) < 4.78 is 0. The zero-order chi connectivity index (χ0) is 16.7. The Bertz CT molecular complexity index is 532. The molecule has 1 aliphatic rings. The monoisotopic (exact) mass is 338 g/mol. The van der Waals surface area contributed by atoms with E-state index in [4.69, 9.17) is 5.73 Å². The summed E-state index contributed by atoms with van der Waals surface area (Å²) in [7, 11) is 0. The largest absolute Gasteiger partial charge is 0.364 e. The van der Waals surface area contributed by atoms with E-state index >= 15 is 0 Å². The Hall–Kier alpha value is -1.50. The van der Waals surface area contributed by atoms with Crippen molar-refractivity contribution in [3.63, 3.8) is 0 Å². The molecule has 1 aromatic heterocycles. The zero-order valence-corrected chi connectivity index (χ0v) is 14.5. The molecule has 0 bridgehead atoms. The highest BCUT2D eigenvalue weighted by atomic mass is 32.2. The van der Waals surface area contributed by atoms with Gasteiger partial charge in [-0.25, -0.2) is 0 Å². The summed E-state index contributed by atoms with van der Waals surface area (Å²) in [5.74, 6) is 1.95. The normalized spacial score (nSPS) is 18.1. The number of primary amides is 1. The number of carbonyl (C=O) groups excluding carboxylic acids is 2. The number of nitrogens with one attached hydrogen (secondary N) is 1. The minimum atomic E-state index is -0.527. The fourth-order valence-corrected chi connectivity index (χ4v) is 3.81. The van der Waals surface area contributed by atoms with E-state index in [2.05, 4.69) is 17.1 Å². The first kappa shape index (κ1) is 17.8. The summed E-state index contributed by atoms with van der Waals surface area (Å²) in [4.78, 5) is 25.4. The molecule has 3 N–H and O–H groups in total. The number of H-pyrrole nitrogens is 1. The lowest BCUT2D eigenvalue weighted by Crippen LogP contribution is -2.39. The second kappa shape index (κ2) is 8.96. The number of hydrogen-bond acceptors (Lipinski definition) is 4. The van der Waals surface area contributed by atoms with E-state index in [9.17, 15) is 9.59 Å². The molecule has 0 aliphatic carbocycles. The number of carbonyl (C=O) groups is 2. The SMILES string of the molecule is CCCCSCCC(=O)N1CCC[C@@H](c2cc(C(N)=O)n[nH]2)C1. The molecule has 0 saturated carbocycles. The topological polar surface area (TPSA) is 92.1 Å². The molecule has 0 spiro atoms. The van der Waals surface area contributed by atoms with Gasteiger partial charge in [0.2, 0.25) is 5.91 Å². The molecule has 0 unspecified atom stereocenters. The first-order valence-electron chi connectivity index (χ1n) is 8.32. The van der Waals surface area contributed by atoms with E-state index in [1.165, 1.54) is 12.8 Å². The van der Waals surface area contributed by atoms with Crippen molar-refractivity contribution in [2.45, 2.75) is 44.9 Å². The van der Waals surface area contributed by atoms with Crippen LogP contribution in [0.2, 0.25) is 0 Å².